The largest absolute Gasteiger partial charge is 0.490 e. The minimum atomic E-state index is -0.433. The summed E-state index contributed by atoms with van der Waals surface area (Å²) in [6.45, 7) is 2.38. The number of hydrogen-bond donors (Lipinski definition) is 2. The zero-order chi connectivity index (χ0) is 31.9. The second-order valence-electron chi connectivity index (χ2n) is 11.6. The summed E-state index contributed by atoms with van der Waals surface area (Å²) in [5.41, 5.74) is 3.84. The second-order valence-corrected chi connectivity index (χ2v) is 12.8. The second kappa shape index (κ2) is 12.3. The van der Waals surface area contributed by atoms with Crippen molar-refractivity contribution in [3.8, 4) is 22.7 Å². The third-order valence-electron chi connectivity index (χ3n) is 8.36. The van der Waals surface area contributed by atoms with Crippen molar-refractivity contribution in [3.63, 3.8) is 0 Å². The molecule has 2 N–H and O–H groups in total. The fourth-order valence-corrected chi connectivity index (χ4v) is 6.24. The van der Waals surface area contributed by atoms with E-state index in [1.165, 1.54) is 4.57 Å². The van der Waals surface area contributed by atoms with Gasteiger partial charge in [-0.2, -0.15) is 5.10 Å². The summed E-state index contributed by atoms with van der Waals surface area (Å²) in [7, 11) is 0. The normalized spacial score (nSPS) is 15.8. The Bertz CT molecular complexity index is 2000. The molecule has 1 saturated carbocycles. The summed E-state index contributed by atoms with van der Waals surface area (Å²) in [4.78, 5) is 43.6. The van der Waals surface area contributed by atoms with Gasteiger partial charge in [0, 0.05) is 40.9 Å². The van der Waals surface area contributed by atoms with Crippen LogP contribution in [0.15, 0.2) is 88.3 Å². The molecule has 2 aromatic heterocycles. The zero-order valence-electron chi connectivity index (χ0n) is 24.9. The van der Waals surface area contributed by atoms with Gasteiger partial charge in [-0.1, -0.05) is 35.9 Å². The Morgan fingerprint density at radius 3 is 2.59 bits per heavy atom. The fourth-order valence-electron chi connectivity index (χ4n) is 5.81. The Balaban J connectivity index is 1.26. The number of aromatic nitrogens is 4. The minimum Gasteiger partial charge on any atom is -0.490 e. The van der Waals surface area contributed by atoms with Crippen molar-refractivity contribution in [2.24, 2.45) is 0 Å². The Morgan fingerprint density at radius 1 is 1.09 bits per heavy atom. The number of ether oxygens (including phenoxy) is 1. The van der Waals surface area contributed by atoms with E-state index in [1.54, 1.807) is 46.0 Å². The molecule has 1 aliphatic carbocycles. The van der Waals surface area contributed by atoms with E-state index < -0.39 is 5.91 Å². The molecule has 0 saturated heterocycles. The number of hydrogen-bond acceptors (Lipinski definition) is 5. The predicted octanol–water partition coefficient (Wildman–Crippen LogP) is 5.96. The van der Waals surface area contributed by atoms with Crippen LogP contribution in [0.5, 0.6) is 5.75 Å². The molecular weight excluding hydrogens is 672 g/mol. The van der Waals surface area contributed by atoms with E-state index in [-0.39, 0.29) is 49.1 Å². The molecule has 3 aromatic carbocycles. The summed E-state index contributed by atoms with van der Waals surface area (Å²) >= 11 is 9.69. The molecule has 7 rings (SSSR count). The number of halogens is 2. The van der Waals surface area contributed by atoms with Crippen LogP contribution in [0.3, 0.4) is 0 Å². The molecule has 3 heterocycles. The number of amides is 2. The highest BCUT2D eigenvalue weighted by Crippen LogP contribution is 2.30. The van der Waals surface area contributed by atoms with E-state index in [1.807, 2.05) is 49.4 Å². The SMILES string of the molecule is CC1Cn2c(c(C(=O)NCc3ccccc3-c3ccn[nH]3)n(-c3ccc(OC4CC4)cc3)c2=O)CN1C(=O)c1ccc(Br)c(Cl)c1. The first-order valence-corrected chi connectivity index (χ1v) is 16.2. The number of aromatic amines is 1. The van der Waals surface area contributed by atoms with Crippen LogP contribution in [0.25, 0.3) is 16.9 Å². The molecule has 10 nitrogen and oxygen atoms in total. The molecule has 1 atom stereocenters. The van der Waals surface area contributed by atoms with Crippen LogP contribution in [0, 0.1) is 0 Å². The van der Waals surface area contributed by atoms with Crippen molar-refractivity contribution >= 4 is 39.3 Å². The molecule has 2 aliphatic rings. The number of benzene rings is 3. The van der Waals surface area contributed by atoms with E-state index in [4.69, 9.17) is 16.3 Å². The number of fused-ring (bicyclic) bond motifs is 1. The van der Waals surface area contributed by atoms with Crippen LogP contribution in [0.1, 0.15) is 51.9 Å². The highest BCUT2D eigenvalue weighted by molar-refractivity contribution is 9.10. The van der Waals surface area contributed by atoms with E-state index in [0.29, 0.717) is 32.2 Å². The molecule has 1 fully saturated rings. The number of H-pyrrole nitrogens is 1. The average molecular weight is 702 g/mol. The molecule has 234 valence electrons. The number of nitrogens with one attached hydrogen (secondary N) is 2. The van der Waals surface area contributed by atoms with E-state index >= 15 is 0 Å². The van der Waals surface area contributed by atoms with Gasteiger partial charge in [0.2, 0.25) is 0 Å². The smallest absolute Gasteiger partial charge is 0.333 e. The van der Waals surface area contributed by atoms with Crippen molar-refractivity contribution < 1.29 is 14.3 Å². The standard InChI is InChI=1S/C34H30BrClN6O4/c1-20-18-41-30(19-40(20)33(44)21-6-13-27(35)28(36)16-21)31(42(34(41)45)23-7-9-24(10-8-23)46-25-11-12-25)32(43)37-17-22-4-2-3-5-26(22)29-14-15-38-39-29/h2-10,13-16,20,25H,11-12,17-19H2,1H3,(H,37,43)(H,38,39). The van der Waals surface area contributed by atoms with Crippen molar-refractivity contribution in [1.29, 1.82) is 0 Å². The maximum absolute atomic E-state index is 14.2. The predicted molar refractivity (Wildman–Crippen MR) is 177 cm³/mol. The molecular formula is C34H30BrClN6O4. The molecule has 12 heteroatoms. The van der Waals surface area contributed by atoms with Gasteiger partial charge in [0.05, 0.1) is 34.7 Å². The summed E-state index contributed by atoms with van der Waals surface area (Å²) < 4.78 is 9.63. The van der Waals surface area contributed by atoms with Gasteiger partial charge in [-0.05, 0) is 89.8 Å². The Morgan fingerprint density at radius 2 is 1.87 bits per heavy atom. The van der Waals surface area contributed by atoms with E-state index in [9.17, 15) is 14.4 Å². The monoisotopic (exact) mass is 700 g/mol. The summed E-state index contributed by atoms with van der Waals surface area (Å²) in [6.07, 6.45) is 3.96. The number of carbonyl (C=O) groups is 2. The molecule has 46 heavy (non-hydrogen) atoms. The molecule has 0 bridgehead atoms. The lowest BCUT2D eigenvalue weighted by Crippen LogP contribution is -2.47. The Kier molecular flexibility index (Phi) is 8.04. The molecule has 1 aliphatic heterocycles. The maximum Gasteiger partial charge on any atom is 0.333 e. The molecule has 1 unspecified atom stereocenters. The van der Waals surface area contributed by atoms with Crippen LogP contribution < -0.4 is 15.7 Å². The number of rotatable bonds is 8. The van der Waals surface area contributed by atoms with Crippen molar-refractivity contribution in [2.75, 3.05) is 0 Å². The van der Waals surface area contributed by atoms with Crippen molar-refractivity contribution in [2.45, 2.75) is 51.5 Å². The zero-order valence-corrected chi connectivity index (χ0v) is 27.2. The van der Waals surface area contributed by atoms with Crippen molar-refractivity contribution in [1.82, 2.24) is 29.5 Å². The molecule has 0 radical (unpaired) electrons. The molecule has 2 amide bonds. The van der Waals surface area contributed by atoms with Crippen LogP contribution in [-0.2, 0) is 19.6 Å². The summed E-state index contributed by atoms with van der Waals surface area (Å²) in [6, 6.07) is 21.5. The molecule has 0 spiro atoms. The van der Waals surface area contributed by atoms with Crippen LogP contribution >= 0.6 is 27.5 Å². The average Bonchev–Trinajstić information content (AvgIpc) is 3.61. The maximum atomic E-state index is 14.2. The van der Waals surface area contributed by atoms with Gasteiger partial charge in [0.1, 0.15) is 11.4 Å². The first kappa shape index (κ1) is 30.1. The number of imidazole rings is 1. The van der Waals surface area contributed by atoms with E-state index in [2.05, 4.69) is 31.4 Å². The highest BCUT2D eigenvalue weighted by atomic mass is 79.9. The third-order valence-corrected chi connectivity index (χ3v) is 9.59. The van der Waals surface area contributed by atoms with Gasteiger partial charge in [-0.3, -0.25) is 23.8 Å². The molecule has 5 aromatic rings. The van der Waals surface area contributed by atoms with Gasteiger partial charge in [-0.15, -0.1) is 0 Å². The summed E-state index contributed by atoms with van der Waals surface area (Å²) in [5.74, 6) is 0.0372. The van der Waals surface area contributed by atoms with Crippen molar-refractivity contribution in [3.05, 3.63) is 121 Å². The van der Waals surface area contributed by atoms with Gasteiger partial charge in [0.15, 0.2) is 0 Å². The van der Waals surface area contributed by atoms with Gasteiger partial charge in [-0.25, -0.2) is 4.79 Å². The van der Waals surface area contributed by atoms with Gasteiger partial charge in [0.25, 0.3) is 11.8 Å². The summed E-state index contributed by atoms with van der Waals surface area (Å²) in [5, 5.41) is 10.5. The topological polar surface area (TPSA) is 114 Å². The van der Waals surface area contributed by atoms with Gasteiger partial charge >= 0.3 is 5.69 Å². The van der Waals surface area contributed by atoms with Crippen LogP contribution in [-0.4, -0.2) is 48.2 Å². The number of nitrogens with zero attached hydrogens (tertiary/aromatic N) is 4. The Labute approximate surface area is 278 Å². The highest BCUT2D eigenvalue weighted by Gasteiger charge is 2.35. The van der Waals surface area contributed by atoms with Crippen LogP contribution in [0.2, 0.25) is 5.02 Å². The minimum absolute atomic E-state index is 0.0618. The fraction of sp³-hybridized carbons (Fsp3) is 0.235. The van der Waals surface area contributed by atoms with Gasteiger partial charge < -0.3 is 15.0 Å². The first-order valence-electron chi connectivity index (χ1n) is 15.0. The number of carbonyl (C=O) groups excluding carboxylic acids is 2. The lowest BCUT2D eigenvalue weighted by Gasteiger charge is -2.34. The Hall–Kier alpha value is -4.61. The lowest BCUT2D eigenvalue weighted by molar-refractivity contribution is 0.0610. The first-order chi connectivity index (χ1) is 22.3. The quantitative estimate of drug-likeness (QED) is 0.207. The lowest BCUT2D eigenvalue weighted by atomic mass is 10.0. The third kappa shape index (κ3) is 5.76. The van der Waals surface area contributed by atoms with E-state index in [0.717, 1.165) is 29.7 Å². The van der Waals surface area contributed by atoms with Crippen LogP contribution in [0.4, 0.5) is 0 Å².